The summed E-state index contributed by atoms with van der Waals surface area (Å²) < 4.78 is 0. The number of carbonyl (C=O) groups is 1. The van der Waals surface area contributed by atoms with Gasteiger partial charge in [0.25, 0.3) is 0 Å². The maximum atomic E-state index is 11.7. The Kier molecular flexibility index (Phi) is 2.62. The fourth-order valence-electron chi connectivity index (χ4n) is 1.80. The van der Waals surface area contributed by atoms with E-state index in [2.05, 4.69) is 19.1 Å². The van der Waals surface area contributed by atoms with Crippen LogP contribution in [0, 0.1) is 0 Å². The molecule has 1 aliphatic rings. The molecule has 0 N–H and O–H groups in total. The lowest BCUT2D eigenvalue weighted by molar-refractivity contribution is 0.229. The van der Waals surface area contributed by atoms with Crippen LogP contribution in [0.1, 0.15) is 12.5 Å². The minimum Gasteiger partial charge on any atom is -0.326 e. The first kappa shape index (κ1) is 10.0. The highest BCUT2D eigenvalue weighted by Gasteiger charge is 2.26. The van der Waals surface area contributed by atoms with Gasteiger partial charge in [0.15, 0.2) is 0 Å². The van der Waals surface area contributed by atoms with E-state index in [1.54, 1.807) is 4.90 Å². The van der Waals surface area contributed by atoms with E-state index in [-0.39, 0.29) is 6.03 Å². The number of anilines is 1. The summed E-state index contributed by atoms with van der Waals surface area (Å²) in [5.74, 6) is 0. The third kappa shape index (κ3) is 1.82. The van der Waals surface area contributed by atoms with E-state index in [1.807, 2.05) is 24.1 Å². The number of rotatable bonds is 2. The number of carbonyl (C=O) groups excluding carboxylic acids is 1. The summed E-state index contributed by atoms with van der Waals surface area (Å²) >= 11 is 0. The molecule has 80 valence electrons. The van der Waals surface area contributed by atoms with Crippen molar-refractivity contribution in [1.82, 2.24) is 4.90 Å². The molecule has 1 heterocycles. The maximum Gasteiger partial charge on any atom is 0.324 e. The third-order valence-corrected chi connectivity index (χ3v) is 2.87. The molecule has 1 fully saturated rings. The molecule has 1 aliphatic heterocycles. The van der Waals surface area contributed by atoms with Crippen LogP contribution >= 0.6 is 0 Å². The zero-order valence-electron chi connectivity index (χ0n) is 9.23. The van der Waals surface area contributed by atoms with Gasteiger partial charge in [0, 0.05) is 25.8 Å². The molecule has 1 saturated heterocycles. The van der Waals surface area contributed by atoms with Crippen molar-refractivity contribution in [3.8, 4) is 0 Å². The van der Waals surface area contributed by atoms with Crippen LogP contribution in [0.15, 0.2) is 24.3 Å². The smallest absolute Gasteiger partial charge is 0.324 e. The molecule has 1 aromatic carbocycles. The Morgan fingerprint density at radius 2 is 1.87 bits per heavy atom. The highest BCUT2D eigenvalue weighted by atomic mass is 16.2. The van der Waals surface area contributed by atoms with E-state index < -0.39 is 0 Å². The van der Waals surface area contributed by atoms with Gasteiger partial charge in [-0.15, -0.1) is 0 Å². The molecule has 2 amide bonds. The molecule has 0 unspecified atom stereocenters. The molecular weight excluding hydrogens is 188 g/mol. The van der Waals surface area contributed by atoms with E-state index in [9.17, 15) is 4.79 Å². The number of amides is 2. The number of urea groups is 1. The van der Waals surface area contributed by atoms with Crippen LogP contribution < -0.4 is 4.90 Å². The van der Waals surface area contributed by atoms with Crippen molar-refractivity contribution in [3.63, 3.8) is 0 Å². The van der Waals surface area contributed by atoms with Crippen molar-refractivity contribution < 1.29 is 4.79 Å². The Morgan fingerprint density at radius 1 is 1.20 bits per heavy atom. The van der Waals surface area contributed by atoms with Gasteiger partial charge in [-0.25, -0.2) is 4.79 Å². The van der Waals surface area contributed by atoms with Gasteiger partial charge in [0.05, 0.1) is 0 Å². The summed E-state index contributed by atoms with van der Waals surface area (Å²) in [6.07, 6.45) is 1.04. The number of hydrogen-bond donors (Lipinski definition) is 0. The van der Waals surface area contributed by atoms with Crippen molar-refractivity contribution in [1.29, 1.82) is 0 Å². The zero-order valence-corrected chi connectivity index (χ0v) is 9.23. The Labute approximate surface area is 90.3 Å². The Hall–Kier alpha value is -1.51. The lowest BCUT2D eigenvalue weighted by Crippen LogP contribution is -2.29. The molecule has 0 aromatic heterocycles. The summed E-state index contributed by atoms with van der Waals surface area (Å²) in [5, 5.41) is 0. The molecule has 3 nitrogen and oxygen atoms in total. The van der Waals surface area contributed by atoms with Crippen LogP contribution in [0.2, 0.25) is 0 Å². The topological polar surface area (TPSA) is 23.6 Å². The number of aryl methyl sites for hydroxylation is 1. The van der Waals surface area contributed by atoms with Crippen molar-refractivity contribution in [3.05, 3.63) is 29.8 Å². The molecule has 0 bridgehead atoms. The van der Waals surface area contributed by atoms with Crippen LogP contribution in [0.4, 0.5) is 10.5 Å². The lowest BCUT2D eigenvalue weighted by Gasteiger charge is -2.16. The first-order chi connectivity index (χ1) is 7.22. The molecule has 0 spiro atoms. The van der Waals surface area contributed by atoms with E-state index >= 15 is 0 Å². The second kappa shape index (κ2) is 3.93. The van der Waals surface area contributed by atoms with E-state index in [0.29, 0.717) is 0 Å². The van der Waals surface area contributed by atoms with Gasteiger partial charge in [-0.2, -0.15) is 0 Å². The van der Waals surface area contributed by atoms with E-state index in [0.717, 1.165) is 25.2 Å². The molecule has 15 heavy (non-hydrogen) atoms. The zero-order chi connectivity index (χ0) is 10.8. The van der Waals surface area contributed by atoms with Gasteiger partial charge in [-0.05, 0) is 24.1 Å². The lowest BCUT2D eigenvalue weighted by atomic mass is 10.1. The van der Waals surface area contributed by atoms with Crippen LogP contribution in [-0.2, 0) is 6.42 Å². The van der Waals surface area contributed by atoms with Crippen molar-refractivity contribution in [2.45, 2.75) is 13.3 Å². The summed E-state index contributed by atoms with van der Waals surface area (Å²) in [6, 6.07) is 8.31. The van der Waals surface area contributed by atoms with Crippen LogP contribution in [0.5, 0.6) is 0 Å². The Morgan fingerprint density at radius 3 is 2.33 bits per heavy atom. The van der Waals surface area contributed by atoms with Crippen LogP contribution in [0.3, 0.4) is 0 Å². The first-order valence-electron chi connectivity index (χ1n) is 5.34. The van der Waals surface area contributed by atoms with Crippen LogP contribution in [0.25, 0.3) is 0 Å². The molecule has 3 heteroatoms. The first-order valence-corrected chi connectivity index (χ1v) is 5.34. The normalized spacial score (nSPS) is 16.3. The monoisotopic (exact) mass is 204 g/mol. The van der Waals surface area contributed by atoms with Gasteiger partial charge in [-0.1, -0.05) is 19.1 Å². The fraction of sp³-hybridized carbons (Fsp3) is 0.417. The SMILES string of the molecule is CCc1ccc(N2CCN(C)C2=O)cc1. The fourth-order valence-corrected chi connectivity index (χ4v) is 1.80. The predicted octanol–water partition coefficient (Wildman–Crippen LogP) is 2.12. The quantitative estimate of drug-likeness (QED) is 0.723. The molecule has 0 aliphatic carbocycles. The molecule has 0 saturated carbocycles. The number of hydrogen-bond acceptors (Lipinski definition) is 1. The minimum atomic E-state index is 0.0965. The molecule has 0 atom stereocenters. The van der Waals surface area contributed by atoms with Crippen molar-refractivity contribution in [2.75, 3.05) is 25.0 Å². The van der Waals surface area contributed by atoms with Crippen LogP contribution in [-0.4, -0.2) is 31.1 Å². The standard InChI is InChI=1S/C12H16N2O/c1-3-10-4-6-11(7-5-10)14-9-8-13(2)12(14)15/h4-7H,3,8-9H2,1-2H3. The van der Waals surface area contributed by atoms with Gasteiger partial charge < -0.3 is 4.90 Å². The summed E-state index contributed by atoms with van der Waals surface area (Å²) in [4.78, 5) is 15.3. The molecule has 1 aromatic rings. The average Bonchev–Trinajstić information content (AvgIpc) is 2.60. The highest BCUT2D eigenvalue weighted by Crippen LogP contribution is 2.19. The highest BCUT2D eigenvalue weighted by molar-refractivity contribution is 5.93. The largest absolute Gasteiger partial charge is 0.326 e. The predicted molar refractivity (Wildman–Crippen MR) is 61.2 cm³/mol. The number of benzene rings is 1. The Bertz CT molecular complexity index is 358. The summed E-state index contributed by atoms with van der Waals surface area (Å²) in [5.41, 5.74) is 2.31. The van der Waals surface area contributed by atoms with Crippen molar-refractivity contribution >= 4 is 11.7 Å². The molecule has 2 rings (SSSR count). The van der Waals surface area contributed by atoms with Gasteiger partial charge in [0.2, 0.25) is 0 Å². The Balaban J connectivity index is 2.19. The minimum absolute atomic E-state index is 0.0965. The maximum absolute atomic E-state index is 11.7. The van der Waals surface area contributed by atoms with E-state index in [4.69, 9.17) is 0 Å². The number of likely N-dealkylation sites (N-methyl/N-ethyl adjacent to an activating group) is 1. The second-order valence-electron chi connectivity index (χ2n) is 3.88. The summed E-state index contributed by atoms with van der Waals surface area (Å²) in [7, 11) is 1.84. The van der Waals surface area contributed by atoms with E-state index in [1.165, 1.54) is 5.56 Å². The van der Waals surface area contributed by atoms with Gasteiger partial charge in [-0.3, -0.25) is 4.90 Å². The third-order valence-electron chi connectivity index (χ3n) is 2.87. The number of nitrogens with zero attached hydrogens (tertiary/aromatic N) is 2. The van der Waals surface area contributed by atoms with Gasteiger partial charge in [0.1, 0.15) is 0 Å². The average molecular weight is 204 g/mol. The second-order valence-corrected chi connectivity index (χ2v) is 3.88. The van der Waals surface area contributed by atoms with Gasteiger partial charge >= 0.3 is 6.03 Å². The molecule has 0 radical (unpaired) electrons. The summed E-state index contributed by atoms with van der Waals surface area (Å²) in [6.45, 7) is 3.74. The van der Waals surface area contributed by atoms with Crippen molar-refractivity contribution in [2.24, 2.45) is 0 Å². The molecular formula is C12H16N2O.